The molecule has 26 heavy (non-hydrogen) atoms. The van der Waals surface area contributed by atoms with Gasteiger partial charge < -0.3 is 5.32 Å². The molecule has 1 fully saturated rings. The molecule has 0 saturated carbocycles. The third-order valence-corrected chi connectivity index (χ3v) is 5.25. The number of anilines is 2. The lowest BCUT2D eigenvalue weighted by Gasteiger charge is -2.42. The predicted molar refractivity (Wildman–Crippen MR) is 100 cm³/mol. The van der Waals surface area contributed by atoms with E-state index in [1.54, 1.807) is 23.2 Å². The second kappa shape index (κ2) is 6.85. The van der Waals surface area contributed by atoms with Gasteiger partial charge in [0.15, 0.2) is 0 Å². The number of hydrogen-bond acceptors (Lipinski definition) is 3. The quantitative estimate of drug-likeness (QED) is 0.811. The van der Waals surface area contributed by atoms with Gasteiger partial charge >= 0.3 is 6.03 Å². The molecule has 3 heterocycles. The Kier molecular flexibility index (Phi) is 4.54. The van der Waals surface area contributed by atoms with Gasteiger partial charge in [-0.15, -0.1) is 0 Å². The zero-order chi connectivity index (χ0) is 18.3. The fourth-order valence-corrected chi connectivity index (χ4v) is 3.96. The number of halogens is 2. The first kappa shape index (κ1) is 17.2. The van der Waals surface area contributed by atoms with Crippen LogP contribution in [0.3, 0.4) is 0 Å². The number of hydrogen-bond donors (Lipinski definition) is 1. The number of nitrogens with one attached hydrogen (secondary N) is 1. The van der Waals surface area contributed by atoms with Crippen LogP contribution in [0, 0.1) is 12.7 Å². The fourth-order valence-electron chi connectivity index (χ4n) is 3.81. The Hall–Kier alpha value is -2.18. The van der Waals surface area contributed by atoms with E-state index in [0.717, 1.165) is 36.2 Å². The number of carbonyl (C=O) groups excluding carboxylic acids is 1. The lowest BCUT2D eigenvalue weighted by molar-refractivity contribution is 0.245. The van der Waals surface area contributed by atoms with Gasteiger partial charge in [-0.25, -0.2) is 14.2 Å². The number of urea groups is 1. The third-order valence-electron chi connectivity index (χ3n) is 5.05. The van der Waals surface area contributed by atoms with E-state index in [4.69, 9.17) is 11.6 Å². The van der Waals surface area contributed by atoms with Crippen molar-refractivity contribution in [3.05, 3.63) is 52.6 Å². The van der Waals surface area contributed by atoms with Gasteiger partial charge in [-0.05, 0) is 44.0 Å². The molecule has 2 aliphatic rings. The highest BCUT2D eigenvalue weighted by Crippen LogP contribution is 2.37. The van der Waals surface area contributed by atoms with Crippen LogP contribution in [0.25, 0.3) is 0 Å². The number of nitrogens with zero attached hydrogens (tertiary/aromatic N) is 3. The van der Waals surface area contributed by atoms with Gasteiger partial charge in [0.25, 0.3) is 0 Å². The number of aryl methyl sites for hydroxylation is 1. The minimum absolute atomic E-state index is 0.00310. The smallest absolute Gasteiger partial charge is 0.315 e. The maximum Gasteiger partial charge on any atom is 0.329 e. The molecule has 2 amide bonds. The summed E-state index contributed by atoms with van der Waals surface area (Å²) < 4.78 is 14.6. The fraction of sp³-hybridized carbons (Fsp3) is 0.368. The lowest BCUT2D eigenvalue weighted by atomic mass is 10.0. The van der Waals surface area contributed by atoms with Crippen LogP contribution in [0.2, 0.25) is 5.15 Å². The number of rotatable bonds is 2. The lowest BCUT2D eigenvalue weighted by Crippen LogP contribution is -2.56. The molecular formula is C19H20ClFN4O. The summed E-state index contributed by atoms with van der Waals surface area (Å²) in [7, 11) is 0. The Morgan fingerprint density at radius 3 is 2.96 bits per heavy atom. The van der Waals surface area contributed by atoms with Crippen LogP contribution >= 0.6 is 11.6 Å². The minimum atomic E-state index is -0.398. The van der Waals surface area contributed by atoms with Crippen molar-refractivity contribution in [2.75, 3.05) is 22.9 Å². The molecule has 136 valence electrons. The Labute approximate surface area is 156 Å². The SMILES string of the molecule is Cc1cccc(F)c1N1Cc2cnc(Cl)cc2N([C@@H]2CCCNC2)C1=O. The average molecular weight is 375 g/mol. The molecular weight excluding hydrogens is 355 g/mol. The summed E-state index contributed by atoms with van der Waals surface area (Å²) in [6.07, 6.45) is 3.56. The van der Waals surface area contributed by atoms with Crippen molar-refractivity contribution >= 4 is 29.0 Å². The maximum absolute atomic E-state index is 14.6. The van der Waals surface area contributed by atoms with Gasteiger partial charge in [0, 0.05) is 18.3 Å². The highest BCUT2D eigenvalue weighted by Gasteiger charge is 2.38. The number of aromatic nitrogens is 1. The van der Waals surface area contributed by atoms with Crippen molar-refractivity contribution in [1.82, 2.24) is 10.3 Å². The van der Waals surface area contributed by atoms with Gasteiger partial charge in [-0.1, -0.05) is 23.7 Å². The average Bonchev–Trinajstić information content (AvgIpc) is 2.63. The van der Waals surface area contributed by atoms with Crippen LogP contribution in [0.5, 0.6) is 0 Å². The third kappa shape index (κ3) is 2.93. The zero-order valence-corrected chi connectivity index (χ0v) is 15.3. The first-order chi connectivity index (χ1) is 12.6. The summed E-state index contributed by atoms with van der Waals surface area (Å²) in [6, 6.07) is 6.37. The largest absolute Gasteiger partial charge is 0.329 e. The van der Waals surface area contributed by atoms with Crippen molar-refractivity contribution in [1.29, 1.82) is 0 Å². The van der Waals surface area contributed by atoms with E-state index < -0.39 is 5.82 Å². The number of amides is 2. The van der Waals surface area contributed by atoms with Crippen LogP contribution in [-0.4, -0.2) is 30.1 Å². The van der Waals surface area contributed by atoms with Crippen molar-refractivity contribution in [2.24, 2.45) is 0 Å². The number of carbonyl (C=O) groups is 1. The second-order valence-corrected chi connectivity index (χ2v) is 7.17. The summed E-state index contributed by atoms with van der Waals surface area (Å²) in [5.41, 5.74) is 2.69. The standard InChI is InChI=1S/C19H20ClFN4O/c1-12-4-2-6-15(21)18(12)24-11-13-9-23-17(20)8-16(13)25(19(24)26)14-5-3-7-22-10-14/h2,4,6,8-9,14,22H,3,5,7,10-11H2,1H3/t14-/m1/s1. The summed E-state index contributed by atoms with van der Waals surface area (Å²) in [5, 5.41) is 3.69. The van der Waals surface area contributed by atoms with Gasteiger partial charge in [0.2, 0.25) is 0 Å². The molecule has 7 heteroatoms. The van der Waals surface area contributed by atoms with Gasteiger partial charge in [0.1, 0.15) is 11.0 Å². The Morgan fingerprint density at radius 1 is 1.38 bits per heavy atom. The highest BCUT2D eigenvalue weighted by molar-refractivity contribution is 6.29. The summed E-state index contributed by atoms with van der Waals surface area (Å²) in [5.74, 6) is -0.398. The van der Waals surface area contributed by atoms with E-state index in [1.165, 1.54) is 11.0 Å². The van der Waals surface area contributed by atoms with Crippen molar-refractivity contribution < 1.29 is 9.18 Å². The maximum atomic E-state index is 14.6. The van der Waals surface area contributed by atoms with E-state index in [-0.39, 0.29) is 18.6 Å². The van der Waals surface area contributed by atoms with Crippen LogP contribution in [0.4, 0.5) is 20.6 Å². The van der Waals surface area contributed by atoms with Gasteiger partial charge in [0.05, 0.1) is 24.0 Å². The topological polar surface area (TPSA) is 48.5 Å². The Bertz CT molecular complexity index is 833. The Morgan fingerprint density at radius 2 is 2.23 bits per heavy atom. The molecule has 2 aliphatic heterocycles. The molecule has 1 aromatic heterocycles. The van der Waals surface area contributed by atoms with Crippen molar-refractivity contribution in [3.8, 4) is 0 Å². The molecule has 1 N–H and O–H groups in total. The van der Waals surface area contributed by atoms with E-state index in [1.807, 2.05) is 13.0 Å². The Balaban J connectivity index is 1.82. The van der Waals surface area contributed by atoms with Crippen LogP contribution in [0.1, 0.15) is 24.0 Å². The molecule has 0 aliphatic carbocycles. The monoisotopic (exact) mass is 374 g/mol. The minimum Gasteiger partial charge on any atom is -0.315 e. The summed E-state index contributed by atoms with van der Waals surface area (Å²) in [6.45, 7) is 3.73. The van der Waals surface area contributed by atoms with E-state index in [2.05, 4.69) is 10.3 Å². The van der Waals surface area contributed by atoms with E-state index in [0.29, 0.717) is 17.4 Å². The van der Waals surface area contributed by atoms with Gasteiger partial charge in [-0.3, -0.25) is 9.80 Å². The normalized spacial score (nSPS) is 20.3. The van der Waals surface area contributed by atoms with Gasteiger partial charge in [-0.2, -0.15) is 0 Å². The highest BCUT2D eigenvalue weighted by atomic mass is 35.5. The molecule has 4 rings (SSSR count). The number of para-hydroxylation sites is 1. The summed E-state index contributed by atoms with van der Waals surface area (Å²) >= 11 is 6.09. The van der Waals surface area contributed by atoms with Crippen LogP contribution < -0.4 is 15.1 Å². The van der Waals surface area contributed by atoms with Crippen molar-refractivity contribution in [2.45, 2.75) is 32.4 Å². The number of benzene rings is 1. The first-order valence-corrected chi connectivity index (χ1v) is 9.15. The molecule has 0 radical (unpaired) electrons. The zero-order valence-electron chi connectivity index (χ0n) is 14.5. The molecule has 0 unspecified atom stereocenters. The van der Waals surface area contributed by atoms with Crippen LogP contribution in [0.15, 0.2) is 30.5 Å². The van der Waals surface area contributed by atoms with E-state index >= 15 is 0 Å². The molecule has 1 aromatic carbocycles. The molecule has 2 aromatic rings. The number of pyridine rings is 1. The molecule has 5 nitrogen and oxygen atoms in total. The molecule has 1 saturated heterocycles. The number of fused-ring (bicyclic) bond motifs is 1. The second-order valence-electron chi connectivity index (χ2n) is 6.78. The van der Waals surface area contributed by atoms with Crippen LogP contribution in [-0.2, 0) is 6.54 Å². The molecule has 1 atom stereocenters. The van der Waals surface area contributed by atoms with Crippen molar-refractivity contribution in [3.63, 3.8) is 0 Å². The number of piperidine rings is 1. The first-order valence-electron chi connectivity index (χ1n) is 8.77. The molecule has 0 spiro atoms. The van der Waals surface area contributed by atoms with E-state index in [9.17, 15) is 9.18 Å². The summed E-state index contributed by atoms with van der Waals surface area (Å²) in [4.78, 5) is 20.8. The molecule has 0 bridgehead atoms. The predicted octanol–water partition coefficient (Wildman–Crippen LogP) is 3.88.